The Balaban J connectivity index is 1.44. The molecule has 1 N–H and O–H groups in total. The molecule has 4 unspecified atom stereocenters. The predicted octanol–water partition coefficient (Wildman–Crippen LogP) is 3.51. The van der Waals surface area contributed by atoms with Gasteiger partial charge in [-0.2, -0.15) is 0 Å². The predicted molar refractivity (Wildman–Crippen MR) is 73.1 cm³/mol. The number of hydrogen-bond donors (Lipinski definition) is 1. The third kappa shape index (κ3) is 1.98. The number of amides is 1. The Morgan fingerprint density at radius 3 is 3.00 bits per heavy atom. The van der Waals surface area contributed by atoms with Gasteiger partial charge in [0.25, 0.3) is 0 Å². The molecule has 0 saturated heterocycles. The fourth-order valence-corrected chi connectivity index (χ4v) is 5.11. The van der Waals surface area contributed by atoms with Crippen molar-refractivity contribution < 1.29 is 4.79 Å². The highest BCUT2D eigenvalue weighted by molar-refractivity contribution is 5.75. The zero-order chi connectivity index (χ0) is 12.6. The molecule has 2 heteroatoms. The molecule has 3 saturated carbocycles. The van der Waals surface area contributed by atoms with E-state index in [0.29, 0.717) is 0 Å². The average molecular weight is 249 g/mol. The summed E-state index contributed by atoms with van der Waals surface area (Å²) >= 11 is 0. The van der Waals surface area contributed by atoms with Crippen LogP contribution in [0.25, 0.3) is 0 Å². The quantitative estimate of drug-likeness (QED) is 0.793. The molecule has 0 aromatic heterocycles. The van der Waals surface area contributed by atoms with Crippen LogP contribution in [0.3, 0.4) is 0 Å². The first kappa shape index (κ1) is 12.5. The second-order valence-electron chi connectivity index (χ2n) is 6.97. The van der Waals surface area contributed by atoms with Gasteiger partial charge < -0.3 is 5.32 Å². The summed E-state index contributed by atoms with van der Waals surface area (Å²) in [5.74, 6) is 3.13. The lowest BCUT2D eigenvalue weighted by Crippen LogP contribution is -2.41. The Morgan fingerprint density at radius 2 is 2.22 bits per heavy atom. The van der Waals surface area contributed by atoms with Crippen LogP contribution in [0.1, 0.15) is 64.7 Å². The van der Waals surface area contributed by atoms with Crippen molar-refractivity contribution in [1.29, 1.82) is 0 Å². The van der Waals surface area contributed by atoms with Crippen molar-refractivity contribution in [2.24, 2.45) is 23.2 Å². The average Bonchev–Trinajstić information content (AvgIpc) is 2.83. The Bertz CT molecular complexity index is 327. The van der Waals surface area contributed by atoms with Gasteiger partial charge in [0, 0.05) is 13.0 Å². The SMILES string of the molecule is CCCCC(=O)NCC1CC2CC3CCCC32C1. The number of unbranched alkanes of at least 4 members (excludes halogenated alkanes) is 1. The van der Waals surface area contributed by atoms with Crippen molar-refractivity contribution in [3.05, 3.63) is 0 Å². The minimum absolute atomic E-state index is 0.275. The molecule has 0 heterocycles. The molecule has 102 valence electrons. The van der Waals surface area contributed by atoms with E-state index in [1.54, 1.807) is 0 Å². The number of rotatable bonds is 5. The van der Waals surface area contributed by atoms with Crippen molar-refractivity contribution in [1.82, 2.24) is 5.32 Å². The van der Waals surface area contributed by atoms with Gasteiger partial charge in [0.15, 0.2) is 0 Å². The number of carbonyl (C=O) groups excluding carboxylic acids is 1. The van der Waals surface area contributed by atoms with Gasteiger partial charge in [0.05, 0.1) is 0 Å². The molecular weight excluding hydrogens is 222 g/mol. The zero-order valence-electron chi connectivity index (χ0n) is 11.7. The summed E-state index contributed by atoms with van der Waals surface area (Å²) in [6.45, 7) is 3.09. The van der Waals surface area contributed by atoms with E-state index >= 15 is 0 Å². The van der Waals surface area contributed by atoms with Crippen LogP contribution in [0, 0.1) is 23.2 Å². The second kappa shape index (κ2) is 4.86. The minimum Gasteiger partial charge on any atom is -0.356 e. The molecule has 3 aliphatic rings. The lowest BCUT2D eigenvalue weighted by Gasteiger charge is -2.49. The van der Waals surface area contributed by atoms with Crippen molar-refractivity contribution in [3.8, 4) is 0 Å². The van der Waals surface area contributed by atoms with Crippen LogP contribution >= 0.6 is 0 Å². The van der Waals surface area contributed by atoms with E-state index in [0.717, 1.165) is 49.0 Å². The Kier molecular flexibility index (Phi) is 3.38. The molecule has 0 aromatic rings. The first-order valence-electron chi connectivity index (χ1n) is 8.01. The third-order valence-electron chi connectivity index (χ3n) is 6.02. The molecule has 1 spiro atoms. The molecule has 0 bridgehead atoms. The maximum atomic E-state index is 11.7. The van der Waals surface area contributed by atoms with Gasteiger partial charge in [0.2, 0.25) is 5.91 Å². The van der Waals surface area contributed by atoms with Crippen LogP contribution in [0.5, 0.6) is 0 Å². The molecule has 3 fully saturated rings. The summed E-state index contributed by atoms with van der Waals surface area (Å²) in [5.41, 5.74) is 0.749. The normalized spacial score (nSPS) is 41.1. The van der Waals surface area contributed by atoms with Gasteiger partial charge in [-0.3, -0.25) is 4.79 Å². The third-order valence-corrected chi connectivity index (χ3v) is 6.02. The Hall–Kier alpha value is -0.530. The largest absolute Gasteiger partial charge is 0.356 e. The highest BCUT2D eigenvalue weighted by Gasteiger charge is 2.60. The van der Waals surface area contributed by atoms with E-state index in [1.807, 2.05) is 0 Å². The van der Waals surface area contributed by atoms with Gasteiger partial charge in [0.1, 0.15) is 0 Å². The maximum absolute atomic E-state index is 11.7. The summed E-state index contributed by atoms with van der Waals surface area (Å²) in [5, 5.41) is 3.17. The number of nitrogens with one attached hydrogen (secondary N) is 1. The summed E-state index contributed by atoms with van der Waals surface area (Å²) < 4.78 is 0. The van der Waals surface area contributed by atoms with Gasteiger partial charge in [-0.1, -0.05) is 19.8 Å². The summed E-state index contributed by atoms with van der Waals surface area (Å²) in [6, 6.07) is 0. The van der Waals surface area contributed by atoms with Crippen LogP contribution in [-0.4, -0.2) is 12.5 Å². The molecule has 0 radical (unpaired) electrons. The maximum Gasteiger partial charge on any atom is 0.220 e. The first-order chi connectivity index (χ1) is 8.74. The molecule has 18 heavy (non-hydrogen) atoms. The van der Waals surface area contributed by atoms with E-state index in [1.165, 1.54) is 38.5 Å². The molecule has 2 nitrogen and oxygen atoms in total. The van der Waals surface area contributed by atoms with E-state index in [-0.39, 0.29) is 5.91 Å². The lowest BCUT2D eigenvalue weighted by atomic mass is 9.56. The molecule has 1 amide bonds. The van der Waals surface area contributed by atoms with Crippen LogP contribution in [0.2, 0.25) is 0 Å². The van der Waals surface area contributed by atoms with Crippen LogP contribution in [-0.2, 0) is 4.79 Å². The zero-order valence-corrected chi connectivity index (χ0v) is 11.7. The van der Waals surface area contributed by atoms with E-state index < -0.39 is 0 Å². The van der Waals surface area contributed by atoms with E-state index in [9.17, 15) is 4.79 Å². The van der Waals surface area contributed by atoms with Crippen molar-refractivity contribution in [3.63, 3.8) is 0 Å². The number of carbonyl (C=O) groups is 1. The Morgan fingerprint density at radius 1 is 1.33 bits per heavy atom. The van der Waals surface area contributed by atoms with Crippen molar-refractivity contribution in [2.75, 3.05) is 6.54 Å². The molecule has 4 atom stereocenters. The summed E-state index contributed by atoms with van der Waals surface area (Å²) in [7, 11) is 0. The van der Waals surface area contributed by atoms with Gasteiger partial charge in [-0.15, -0.1) is 0 Å². The van der Waals surface area contributed by atoms with E-state index in [4.69, 9.17) is 0 Å². The van der Waals surface area contributed by atoms with Crippen molar-refractivity contribution >= 4 is 5.91 Å². The highest BCUT2D eigenvalue weighted by atomic mass is 16.1. The van der Waals surface area contributed by atoms with Gasteiger partial charge in [-0.25, -0.2) is 0 Å². The molecule has 3 aliphatic carbocycles. The fraction of sp³-hybridized carbons (Fsp3) is 0.938. The summed E-state index contributed by atoms with van der Waals surface area (Å²) in [4.78, 5) is 11.7. The minimum atomic E-state index is 0.275. The monoisotopic (exact) mass is 249 g/mol. The standard InChI is InChI=1S/C16H27NO/c1-2-3-6-15(18)17-11-12-8-14-9-13-5-4-7-16(13,14)10-12/h12-14H,2-11H2,1H3,(H,17,18). The molecule has 3 rings (SSSR count). The van der Waals surface area contributed by atoms with Crippen LogP contribution in [0.15, 0.2) is 0 Å². The topological polar surface area (TPSA) is 29.1 Å². The lowest BCUT2D eigenvalue weighted by molar-refractivity contribution is -0.121. The van der Waals surface area contributed by atoms with Gasteiger partial charge in [-0.05, 0) is 61.7 Å². The first-order valence-corrected chi connectivity index (χ1v) is 8.01. The molecule has 0 aliphatic heterocycles. The Labute approximate surface area is 111 Å². The number of hydrogen-bond acceptors (Lipinski definition) is 1. The van der Waals surface area contributed by atoms with Crippen LogP contribution < -0.4 is 5.32 Å². The molecular formula is C16H27NO. The smallest absolute Gasteiger partial charge is 0.220 e. The summed E-state index contributed by atoms with van der Waals surface area (Å²) in [6.07, 6.45) is 11.6. The second-order valence-corrected chi connectivity index (χ2v) is 6.97. The van der Waals surface area contributed by atoms with Crippen LogP contribution in [0.4, 0.5) is 0 Å². The van der Waals surface area contributed by atoms with Gasteiger partial charge >= 0.3 is 0 Å². The van der Waals surface area contributed by atoms with E-state index in [2.05, 4.69) is 12.2 Å². The van der Waals surface area contributed by atoms with Crippen molar-refractivity contribution in [2.45, 2.75) is 64.7 Å². The fourth-order valence-electron chi connectivity index (χ4n) is 5.11. The molecule has 0 aromatic carbocycles. The highest BCUT2D eigenvalue weighted by Crippen LogP contribution is 2.69.